The fourth-order valence-electron chi connectivity index (χ4n) is 1.38. The maximum atomic E-state index is 11.8. The Kier molecular flexibility index (Phi) is 3.39. The van der Waals surface area contributed by atoms with Gasteiger partial charge in [-0.3, -0.25) is 4.79 Å². The number of amides is 1. The van der Waals surface area contributed by atoms with E-state index in [1.54, 1.807) is 18.3 Å². The predicted molar refractivity (Wildman–Crippen MR) is 63.6 cm³/mol. The van der Waals surface area contributed by atoms with Crippen LogP contribution in [0, 0.1) is 0 Å². The van der Waals surface area contributed by atoms with Gasteiger partial charge >= 0.3 is 0 Å². The lowest BCUT2D eigenvalue weighted by molar-refractivity contribution is 0.0949. The van der Waals surface area contributed by atoms with Gasteiger partial charge < -0.3 is 9.88 Å². The molecule has 0 atom stereocenters. The van der Waals surface area contributed by atoms with E-state index >= 15 is 0 Å². The van der Waals surface area contributed by atoms with Crippen molar-refractivity contribution in [1.29, 1.82) is 0 Å². The summed E-state index contributed by atoms with van der Waals surface area (Å²) in [5, 5.41) is 2.94. The zero-order valence-corrected chi connectivity index (χ0v) is 9.98. The molecule has 5 nitrogen and oxygen atoms in total. The first-order chi connectivity index (χ1) is 8.18. The van der Waals surface area contributed by atoms with Crippen LogP contribution in [-0.4, -0.2) is 20.4 Å². The van der Waals surface area contributed by atoms with Crippen molar-refractivity contribution in [2.45, 2.75) is 6.54 Å². The van der Waals surface area contributed by atoms with Crippen LogP contribution in [0.2, 0.25) is 5.15 Å². The lowest BCUT2D eigenvalue weighted by atomic mass is 10.2. The van der Waals surface area contributed by atoms with Gasteiger partial charge in [0.15, 0.2) is 0 Å². The molecule has 0 fully saturated rings. The second-order valence-corrected chi connectivity index (χ2v) is 3.84. The molecule has 2 aromatic rings. The van der Waals surface area contributed by atoms with E-state index in [1.165, 1.54) is 6.20 Å². The van der Waals surface area contributed by atoms with Crippen molar-refractivity contribution in [2.75, 3.05) is 0 Å². The number of aromatic nitrogens is 3. The Bertz CT molecular complexity index is 538. The van der Waals surface area contributed by atoms with Gasteiger partial charge in [-0.25, -0.2) is 9.97 Å². The number of carbonyl (C=O) groups excluding carboxylic acids is 1. The summed E-state index contributed by atoms with van der Waals surface area (Å²) in [6, 6.07) is 3.30. The van der Waals surface area contributed by atoms with E-state index in [1.807, 2.05) is 17.8 Å². The van der Waals surface area contributed by atoms with Gasteiger partial charge in [0, 0.05) is 25.6 Å². The molecule has 6 heteroatoms. The third kappa shape index (κ3) is 2.62. The number of nitrogens with one attached hydrogen (secondary N) is 1. The zero-order valence-electron chi connectivity index (χ0n) is 9.22. The van der Waals surface area contributed by atoms with Gasteiger partial charge in [-0.15, -0.1) is 0 Å². The molecule has 17 heavy (non-hydrogen) atoms. The van der Waals surface area contributed by atoms with Crippen molar-refractivity contribution in [3.63, 3.8) is 0 Å². The number of hydrogen-bond acceptors (Lipinski definition) is 3. The van der Waals surface area contributed by atoms with E-state index in [-0.39, 0.29) is 11.1 Å². The van der Waals surface area contributed by atoms with Gasteiger partial charge in [-0.05, 0) is 12.1 Å². The average molecular weight is 251 g/mol. The smallest absolute Gasteiger partial charge is 0.254 e. The van der Waals surface area contributed by atoms with E-state index in [2.05, 4.69) is 15.3 Å². The topological polar surface area (TPSA) is 59.8 Å². The standard InChI is InChI=1S/C11H11ClN4O/c1-16-6-5-13-9(16)7-15-11(17)8-3-2-4-14-10(8)12/h2-6H,7H2,1H3,(H,15,17). The first-order valence-corrected chi connectivity index (χ1v) is 5.41. The average Bonchev–Trinajstić information content (AvgIpc) is 2.72. The van der Waals surface area contributed by atoms with Crippen molar-refractivity contribution >= 4 is 17.5 Å². The first kappa shape index (κ1) is 11.6. The summed E-state index contributed by atoms with van der Waals surface area (Å²) in [6.45, 7) is 0.355. The van der Waals surface area contributed by atoms with Crippen LogP contribution < -0.4 is 5.32 Å². The van der Waals surface area contributed by atoms with Crippen LogP contribution in [0.25, 0.3) is 0 Å². The molecule has 0 saturated heterocycles. The Labute approximate surface area is 103 Å². The molecule has 0 unspecified atom stereocenters. The second kappa shape index (κ2) is 4.97. The number of pyridine rings is 1. The van der Waals surface area contributed by atoms with Gasteiger partial charge in [0.2, 0.25) is 0 Å². The summed E-state index contributed by atoms with van der Waals surface area (Å²) in [7, 11) is 1.87. The first-order valence-electron chi connectivity index (χ1n) is 5.03. The normalized spacial score (nSPS) is 10.2. The van der Waals surface area contributed by atoms with Gasteiger partial charge in [-0.2, -0.15) is 0 Å². The van der Waals surface area contributed by atoms with Crippen LogP contribution in [0.3, 0.4) is 0 Å². The van der Waals surface area contributed by atoms with Gasteiger partial charge in [-0.1, -0.05) is 11.6 Å². The number of carbonyl (C=O) groups is 1. The largest absolute Gasteiger partial charge is 0.345 e. The quantitative estimate of drug-likeness (QED) is 0.838. The highest BCUT2D eigenvalue weighted by atomic mass is 35.5. The third-order valence-corrected chi connectivity index (χ3v) is 2.63. The molecule has 88 valence electrons. The molecule has 2 rings (SSSR count). The molecule has 0 aliphatic heterocycles. The second-order valence-electron chi connectivity index (χ2n) is 3.48. The van der Waals surface area contributed by atoms with Crippen molar-refractivity contribution in [1.82, 2.24) is 19.9 Å². The van der Waals surface area contributed by atoms with E-state index in [9.17, 15) is 4.79 Å². The van der Waals surface area contributed by atoms with Crippen molar-refractivity contribution in [3.05, 3.63) is 47.3 Å². The summed E-state index contributed by atoms with van der Waals surface area (Å²) in [5.74, 6) is 0.518. The van der Waals surface area contributed by atoms with Crippen molar-refractivity contribution in [2.24, 2.45) is 7.05 Å². The molecule has 0 radical (unpaired) electrons. The molecular formula is C11H11ClN4O. The molecule has 0 aliphatic carbocycles. The number of halogens is 1. The van der Waals surface area contributed by atoms with E-state index in [4.69, 9.17) is 11.6 Å². The van der Waals surface area contributed by atoms with Gasteiger partial charge in [0.1, 0.15) is 11.0 Å². The molecule has 0 spiro atoms. The molecule has 0 aromatic carbocycles. The molecule has 1 amide bonds. The summed E-state index contributed by atoms with van der Waals surface area (Å²) in [4.78, 5) is 19.7. The Hall–Kier alpha value is -1.88. The van der Waals surface area contributed by atoms with E-state index < -0.39 is 0 Å². The zero-order chi connectivity index (χ0) is 12.3. The Morgan fingerprint density at radius 2 is 2.29 bits per heavy atom. The minimum atomic E-state index is -0.258. The SMILES string of the molecule is Cn1ccnc1CNC(=O)c1cccnc1Cl. The molecular weight excluding hydrogens is 240 g/mol. The Morgan fingerprint density at radius 3 is 2.94 bits per heavy atom. The highest BCUT2D eigenvalue weighted by molar-refractivity contribution is 6.32. The minimum Gasteiger partial charge on any atom is -0.345 e. The van der Waals surface area contributed by atoms with E-state index in [0.717, 1.165) is 5.82 Å². The number of aryl methyl sites for hydroxylation is 1. The summed E-state index contributed by atoms with van der Waals surface area (Å²) in [5.41, 5.74) is 0.364. The third-order valence-electron chi connectivity index (χ3n) is 2.33. The summed E-state index contributed by atoms with van der Waals surface area (Å²) >= 11 is 5.82. The fraction of sp³-hybridized carbons (Fsp3) is 0.182. The van der Waals surface area contributed by atoms with E-state index in [0.29, 0.717) is 12.1 Å². The van der Waals surface area contributed by atoms with Crippen LogP contribution in [0.4, 0.5) is 0 Å². The van der Waals surface area contributed by atoms with Crippen LogP contribution in [-0.2, 0) is 13.6 Å². The van der Waals surface area contributed by atoms with Gasteiger partial charge in [0.25, 0.3) is 5.91 Å². The van der Waals surface area contributed by atoms with Crippen LogP contribution in [0.1, 0.15) is 16.2 Å². The Balaban J connectivity index is 2.04. The Morgan fingerprint density at radius 1 is 1.47 bits per heavy atom. The fourth-order valence-corrected chi connectivity index (χ4v) is 1.58. The molecule has 0 aliphatic rings. The molecule has 0 saturated carbocycles. The number of hydrogen-bond donors (Lipinski definition) is 1. The van der Waals surface area contributed by atoms with Gasteiger partial charge in [0.05, 0.1) is 12.1 Å². The van der Waals surface area contributed by atoms with Crippen molar-refractivity contribution in [3.8, 4) is 0 Å². The lowest BCUT2D eigenvalue weighted by Gasteiger charge is -2.05. The molecule has 2 aromatic heterocycles. The number of rotatable bonds is 3. The van der Waals surface area contributed by atoms with Crippen molar-refractivity contribution < 1.29 is 4.79 Å². The minimum absolute atomic E-state index is 0.199. The van der Waals surface area contributed by atoms with Crippen LogP contribution in [0.15, 0.2) is 30.7 Å². The highest BCUT2D eigenvalue weighted by Crippen LogP contribution is 2.11. The van der Waals surface area contributed by atoms with Crippen LogP contribution in [0.5, 0.6) is 0 Å². The monoisotopic (exact) mass is 250 g/mol. The molecule has 2 heterocycles. The number of imidazole rings is 1. The molecule has 0 bridgehead atoms. The highest BCUT2D eigenvalue weighted by Gasteiger charge is 2.10. The summed E-state index contributed by atoms with van der Waals surface area (Å²) < 4.78 is 1.84. The number of nitrogens with zero attached hydrogens (tertiary/aromatic N) is 3. The van der Waals surface area contributed by atoms with Crippen LogP contribution >= 0.6 is 11.6 Å². The maximum absolute atomic E-state index is 11.8. The summed E-state index contributed by atoms with van der Waals surface area (Å²) in [6.07, 6.45) is 5.04. The predicted octanol–water partition coefficient (Wildman–Crippen LogP) is 1.40. The lowest BCUT2D eigenvalue weighted by Crippen LogP contribution is -2.24. The molecule has 1 N–H and O–H groups in total. The maximum Gasteiger partial charge on any atom is 0.254 e.